The van der Waals surface area contributed by atoms with Gasteiger partial charge in [-0.3, -0.25) is 0 Å². The summed E-state index contributed by atoms with van der Waals surface area (Å²) < 4.78 is 12.4. The third-order valence-corrected chi connectivity index (χ3v) is 1.95. The predicted octanol–water partition coefficient (Wildman–Crippen LogP) is 1.63. The fourth-order valence-corrected chi connectivity index (χ4v) is 1.11. The third kappa shape index (κ3) is 4.24. The number of pyridine rings is 1. The van der Waals surface area contributed by atoms with Crippen molar-refractivity contribution in [2.24, 2.45) is 0 Å². The Hall–Kier alpha value is -0.610. The number of hydrogen-bond acceptors (Lipinski definition) is 3. The average molecular weight is 200 g/mol. The van der Waals surface area contributed by atoms with Crippen molar-refractivity contribution < 1.29 is 4.39 Å². The average Bonchev–Trinajstić information content (AvgIpc) is 2.15. The van der Waals surface area contributed by atoms with Gasteiger partial charge in [0.25, 0.3) is 0 Å². The second-order valence-electron chi connectivity index (χ2n) is 2.74. The molecule has 1 heterocycles. The molecular weight excluding hydrogens is 187 g/mol. The van der Waals surface area contributed by atoms with Crippen molar-refractivity contribution in [3.8, 4) is 0 Å². The van der Waals surface area contributed by atoms with E-state index in [1.807, 2.05) is 0 Å². The SMILES string of the molecule is Fc1ccc(CNCCCS)cn1. The molecule has 0 saturated heterocycles. The summed E-state index contributed by atoms with van der Waals surface area (Å²) >= 11 is 4.09. The molecule has 1 N–H and O–H groups in total. The molecule has 4 heteroatoms. The van der Waals surface area contributed by atoms with Gasteiger partial charge < -0.3 is 5.32 Å². The maximum atomic E-state index is 12.4. The van der Waals surface area contributed by atoms with Gasteiger partial charge in [-0.1, -0.05) is 6.07 Å². The molecule has 0 amide bonds. The minimum Gasteiger partial charge on any atom is -0.313 e. The van der Waals surface area contributed by atoms with Gasteiger partial charge >= 0.3 is 0 Å². The first-order chi connectivity index (χ1) is 6.33. The van der Waals surface area contributed by atoms with Crippen LogP contribution in [0.15, 0.2) is 18.3 Å². The predicted molar refractivity (Wildman–Crippen MR) is 54.4 cm³/mol. The summed E-state index contributed by atoms with van der Waals surface area (Å²) in [7, 11) is 0. The van der Waals surface area contributed by atoms with Crippen LogP contribution in [0, 0.1) is 5.95 Å². The molecular formula is C9H13FN2S. The number of thiol groups is 1. The summed E-state index contributed by atoms with van der Waals surface area (Å²) in [6.07, 6.45) is 2.58. The van der Waals surface area contributed by atoms with E-state index in [4.69, 9.17) is 0 Å². The van der Waals surface area contributed by atoms with E-state index in [-0.39, 0.29) is 0 Å². The van der Waals surface area contributed by atoms with Gasteiger partial charge in [0.15, 0.2) is 0 Å². The zero-order valence-corrected chi connectivity index (χ0v) is 8.23. The second kappa shape index (κ2) is 5.94. The molecule has 13 heavy (non-hydrogen) atoms. The number of aromatic nitrogens is 1. The topological polar surface area (TPSA) is 24.9 Å². The highest BCUT2D eigenvalue weighted by atomic mass is 32.1. The zero-order chi connectivity index (χ0) is 9.52. The lowest BCUT2D eigenvalue weighted by molar-refractivity contribution is 0.580. The molecule has 0 spiro atoms. The van der Waals surface area contributed by atoms with E-state index in [0.29, 0.717) is 0 Å². The van der Waals surface area contributed by atoms with Crippen LogP contribution < -0.4 is 5.32 Å². The molecule has 0 atom stereocenters. The molecule has 0 aliphatic carbocycles. The molecule has 0 saturated carbocycles. The normalized spacial score (nSPS) is 10.3. The zero-order valence-electron chi connectivity index (χ0n) is 7.33. The van der Waals surface area contributed by atoms with Crippen LogP contribution in [0.4, 0.5) is 4.39 Å². The minimum absolute atomic E-state index is 0.431. The number of nitrogens with one attached hydrogen (secondary N) is 1. The molecule has 0 radical (unpaired) electrons. The van der Waals surface area contributed by atoms with Gasteiger partial charge in [0, 0.05) is 12.7 Å². The Morgan fingerprint density at radius 3 is 2.92 bits per heavy atom. The Bertz CT molecular complexity index is 238. The van der Waals surface area contributed by atoms with Crippen LogP contribution in [0.3, 0.4) is 0 Å². The Kier molecular flexibility index (Phi) is 4.78. The molecule has 0 aromatic carbocycles. The lowest BCUT2D eigenvalue weighted by atomic mass is 10.3. The van der Waals surface area contributed by atoms with Crippen molar-refractivity contribution >= 4 is 12.6 Å². The summed E-state index contributed by atoms with van der Waals surface area (Å²) in [4.78, 5) is 3.56. The summed E-state index contributed by atoms with van der Waals surface area (Å²) in [6, 6.07) is 3.10. The van der Waals surface area contributed by atoms with E-state index >= 15 is 0 Å². The molecule has 0 aliphatic heterocycles. The maximum Gasteiger partial charge on any atom is 0.212 e. The number of hydrogen-bond donors (Lipinski definition) is 2. The summed E-state index contributed by atoms with van der Waals surface area (Å²) in [5, 5.41) is 3.21. The number of halogens is 1. The largest absolute Gasteiger partial charge is 0.313 e. The lowest BCUT2D eigenvalue weighted by Gasteiger charge is -2.02. The highest BCUT2D eigenvalue weighted by Gasteiger charge is 1.93. The van der Waals surface area contributed by atoms with Crippen molar-refractivity contribution in [1.82, 2.24) is 10.3 Å². The molecule has 0 unspecified atom stereocenters. The van der Waals surface area contributed by atoms with Crippen molar-refractivity contribution in [3.05, 3.63) is 29.8 Å². The van der Waals surface area contributed by atoms with E-state index in [1.165, 1.54) is 6.07 Å². The van der Waals surface area contributed by atoms with E-state index < -0.39 is 5.95 Å². The highest BCUT2D eigenvalue weighted by molar-refractivity contribution is 7.80. The molecule has 1 aromatic heterocycles. The van der Waals surface area contributed by atoms with Crippen LogP contribution in [-0.2, 0) is 6.54 Å². The maximum absolute atomic E-state index is 12.4. The van der Waals surface area contributed by atoms with Crippen LogP contribution in [0.2, 0.25) is 0 Å². The van der Waals surface area contributed by atoms with Gasteiger partial charge in [-0.25, -0.2) is 4.98 Å². The van der Waals surface area contributed by atoms with Crippen LogP contribution in [0.5, 0.6) is 0 Å². The van der Waals surface area contributed by atoms with Crippen LogP contribution in [-0.4, -0.2) is 17.3 Å². The lowest BCUT2D eigenvalue weighted by Crippen LogP contribution is -2.15. The second-order valence-corrected chi connectivity index (χ2v) is 3.19. The van der Waals surface area contributed by atoms with Crippen LogP contribution >= 0.6 is 12.6 Å². The molecule has 0 fully saturated rings. The molecule has 2 nitrogen and oxygen atoms in total. The van der Waals surface area contributed by atoms with Crippen molar-refractivity contribution in [2.45, 2.75) is 13.0 Å². The third-order valence-electron chi connectivity index (χ3n) is 1.63. The van der Waals surface area contributed by atoms with E-state index in [9.17, 15) is 4.39 Å². The summed E-state index contributed by atoms with van der Waals surface area (Å²) in [6.45, 7) is 1.67. The quantitative estimate of drug-likeness (QED) is 0.429. The van der Waals surface area contributed by atoms with Crippen molar-refractivity contribution in [3.63, 3.8) is 0 Å². The molecule has 1 rings (SSSR count). The number of rotatable bonds is 5. The fraction of sp³-hybridized carbons (Fsp3) is 0.444. The van der Waals surface area contributed by atoms with E-state index in [1.54, 1.807) is 12.3 Å². The van der Waals surface area contributed by atoms with E-state index in [0.717, 1.165) is 30.8 Å². The Labute approximate surface area is 83.0 Å². The van der Waals surface area contributed by atoms with Crippen LogP contribution in [0.25, 0.3) is 0 Å². The Morgan fingerprint density at radius 2 is 2.31 bits per heavy atom. The smallest absolute Gasteiger partial charge is 0.212 e. The first-order valence-electron chi connectivity index (χ1n) is 4.25. The van der Waals surface area contributed by atoms with Gasteiger partial charge in [0.1, 0.15) is 0 Å². The molecule has 72 valence electrons. The van der Waals surface area contributed by atoms with Gasteiger partial charge in [-0.2, -0.15) is 17.0 Å². The monoisotopic (exact) mass is 200 g/mol. The van der Waals surface area contributed by atoms with Gasteiger partial charge in [-0.05, 0) is 30.3 Å². The first-order valence-corrected chi connectivity index (χ1v) is 4.88. The van der Waals surface area contributed by atoms with Crippen molar-refractivity contribution in [2.75, 3.05) is 12.3 Å². The Morgan fingerprint density at radius 1 is 1.46 bits per heavy atom. The number of nitrogens with zero attached hydrogens (tertiary/aromatic N) is 1. The standard InChI is InChI=1S/C9H13FN2S/c10-9-3-2-8(7-12-9)6-11-4-1-5-13/h2-3,7,11,13H,1,4-6H2. The van der Waals surface area contributed by atoms with E-state index in [2.05, 4.69) is 22.9 Å². The summed E-state index contributed by atoms with van der Waals surface area (Å²) in [5.41, 5.74) is 1.00. The van der Waals surface area contributed by atoms with Gasteiger partial charge in [-0.15, -0.1) is 0 Å². The molecule has 1 aromatic rings. The highest BCUT2D eigenvalue weighted by Crippen LogP contribution is 1.98. The molecule has 0 aliphatic rings. The van der Waals surface area contributed by atoms with Gasteiger partial charge in [0.2, 0.25) is 5.95 Å². The fourth-order valence-electron chi connectivity index (χ4n) is 0.948. The van der Waals surface area contributed by atoms with Gasteiger partial charge in [0.05, 0.1) is 0 Å². The minimum atomic E-state index is -0.431. The van der Waals surface area contributed by atoms with Crippen LogP contribution in [0.1, 0.15) is 12.0 Å². The molecule has 0 bridgehead atoms. The Balaban J connectivity index is 2.25. The first kappa shape index (κ1) is 10.5. The van der Waals surface area contributed by atoms with Crippen molar-refractivity contribution in [1.29, 1.82) is 0 Å². The summed E-state index contributed by atoms with van der Waals surface area (Å²) in [5.74, 6) is 0.452.